The van der Waals surface area contributed by atoms with E-state index in [9.17, 15) is 0 Å². The van der Waals surface area contributed by atoms with Crippen molar-refractivity contribution in [3.63, 3.8) is 0 Å². The summed E-state index contributed by atoms with van der Waals surface area (Å²) in [4.78, 5) is 9.14. The first-order valence-electron chi connectivity index (χ1n) is 6.03. The first-order valence-corrected chi connectivity index (χ1v) is 6.03. The predicted octanol–water partition coefficient (Wildman–Crippen LogP) is 3.91. The molecule has 0 unspecified atom stereocenters. The highest BCUT2D eigenvalue weighted by Gasteiger charge is 2.07. The van der Waals surface area contributed by atoms with E-state index in [-0.39, 0.29) is 0 Å². The summed E-state index contributed by atoms with van der Waals surface area (Å²) in [5.74, 6) is 0. The van der Waals surface area contributed by atoms with Crippen molar-refractivity contribution in [3.8, 4) is 11.4 Å². The van der Waals surface area contributed by atoms with Gasteiger partial charge in [0.1, 0.15) is 0 Å². The van der Waals surface area contributed by atoms with Gasteiger partial charge in [-0.05, 0) is 49.2 Å². The number of benzene rings is 1. The van der Waals surface area contributed by atoms with Crippen LogP contribution in [-0.4, -0.2) is 9.97 Å². The molecule has 2 aromatic heterocycles. The molecule has 0 N–H and O–H groups in total. The molecule has 0 saturated carbocycles. The van der Waals surface area contributed by atoms with Gasteiger partial charge in [0.2, 0.25) is 0 Å². The zero-order valence-electron chi connectivity index (χ0n) is 10.5. The van der Waals surface area contributed by atoms with Gasteiger partial charge in [-0.1, -0.05) is 18.2 Å². The van der Waals surface area contributed by atoms with Crippen molar-refractivity contribution in [1.82, 2.24) is 9.97 Å². The molecule has 3 rings (SSSR count). The quantitative estimate of drug-likeness (QED) is 0.638. The lowest BCUT2D eigenvalue weighted by molar-refractivity contribution is 1.23. The number of hydrogen-bond acceptors (Lipinski definition) is 2. The molecule has 0 radical (unpaired) electrons. The average molecular weight is 234 g/mol. The molecule has 0 fully saturated rings. The van der Waals surface area contributed by atoms with Gasteiger partial charge in [-0.2, -0.15) is 0 Å². The summed E-state index contributed by atoms with van der Waals surface area (Å²) in [6, 6.07) is 14.4. The first-order chi connectivity index (χ1) is 8.74. The zero-order valence-corrected chi connectivity index (χ0v) is 10.5. The van der Waals surface area contributed by atoms with E-state index in [1.165, 1.54) is 10.9 Å². The van der Waals surface area contributed by atoms with E-state index in [1.807, 2.05) is 30.5 Å². The van der Waals surface area contributed by atoms with Gasteiger partial charge in [-0.3, -0.25) is 4.98 Å². The smallest absolute Gasteiger partial charge is 0.0923 e. The fourth-order valence-corrected chi connectivity index (χ4v) is 2.15. The molecule has 3 aromatic rings. The molecule has 0 aliphatic carbocycles. The van der Waals surface area contributed by atoms with E-state index in [1.54, 1.807) is 0 Å². The third-order valence-corrected chi connectivity index (χ3v) is 3.07. The Morgan fingerprint density at radius 1 is 0.944 bits per heavy atom. The molecule has 0 saturated heterocycles. The minimum atomic E-state index is 0.943. The van der Waals surface area contributed by atoms with Gasteiger partial charge in [0.05, 0.1) is 16.9 Å². The van der Waals surface area contributed by atoms with Gasteiger partial charge in [-0.25, -0.2) is 4.98 Å². The van der Waals surface area contributed by atoms with E-state index >= 15 is 0 Å². The molecule has 2 nitrogen and oxygen atoms in total. The van der Waals surface area contributed by atoms with Crippen molar-refractivity contribution >= 4 is 10.9 Å². The molecule has 2 heterocycles. The second kappa shape index (κ2) is 4.22. The summed E-state index contributed by atoms with van der Waals surface area (Å²) in [6.07, 6.45) is 1.83. The number of nitrogens with zero attached hydrogens (tertiary/aromatic N) is 2. The third kappa shape index (κ3) is 1.86. The second-order valence-electron chi connectivity index (χ2n) is 4.57. The van der Waals surface area contributed by atoms with Gasteiger partial charge < -0.3 is 0 Å². The highest BCUT2D eigenvalue weighted by Crippen LogP contribution is 2.23. The molecule has 18 heavy (non-hydrogen) atoms. The van der Waals surface area contributed by atoms with Crippen LogP contribution in [0, 0.1) is 13.8 Å². The number of aryl methyl sites for hydroxylation is 2. The average Bonchev–Trinajstić information content (AvgIpc) is 2.38. The van der Waals surface area contributed by atoms with E-state index in [0.29, 0.717) is 0 Å². The Morgan fingerprint density at radius 3 is 2.61 bits per heavy atom. The fraction of sp³-hybridized carbons (Fsp3) is 0.125. The van der Waals surface area contributed by atoms with E-state index in [4.69, 9.17) is 4.98 Å². The molecule has 0 atom stereocenters. The van der Waals surface area contributed by atoms with E-state index in [2.05, 4.69) is 37.0 Å². The molecule has 2 heteroatoms. The topological polar surface area (TPSA) is 25.8 Å². The highest BCUT2D eigenvalue weighted by atomic mass is 14.8. The van der Waals surface area contributed by atoms with Gasteiger partial charge in [0.25, 0.3) is 0 Å². The second-order valence-corrected chi connectivity index (χ2v) is 4.57. The van der Waals surface area contributed by atoms with Crippen LogP contribution >= 0.6 is 0 Å². The Labute approximate surface area is 106 Å². The van der Waals surface area contributed by atoms with Gasteiger partial charge >= 0.3 is 0 Å². The van der Waals surface area contributed by atoms with Crippen LogP contribution in [0.1, 0.15) is 11.1 Å². The standard InChI is InChI=1S/C16H14N2/c1-11-7-8-17-15(9-11)16-12(2)10-13-5-3-4-6-14(13)18-16/h3-10H,1-2H3. The van der Waals surface area contributed by atoms with Gasteiger partial charge in [-0.15, -0.1) is 0 Å². The Balaban J connectivity index is 2.26. The number of pyridine rings is 2. The molecule has 0 aliphatic heterocycles. The number of hydrogen-bond donors (Lipinski definition) is 0. The van der Waals surface area contributed by atoms with Gasteiger partial charge in [0.15, 0.2) is 0 Å². The maximum atomic E-state index is 4.72. The summed E-state index contributed by atoms with van der Waals surface area (Å²) in [5, 5.41) is 1.17. The Morgan fingerprint density at radius 2 is 1.78 bits per heavy atom. The molecule has 1 aromatic carbocycles. The molecular weight excluding hydrogens is 220 g/mol. The molecule has 0 spiro atoms. The van der Waals surface area contributed by atoms with Crippen molar-refractivity contribution in [2.24, 2.45) is 0 Å². The summed E-state index contributed by atoms with van der Waals surface area (Å²) < 4.78 is 0. The summed E-state index contributed by atoms with van der Waals surface area (Å²) in [7, 11) is 0. The van der Waals surface area contributed by atoms with E-state index < -0.39 is 0 Å². The molecule has 88 valence electrons. The Hall–Kier alpha value is -2.22. The molecule has 0 bridgehead atoms. The molecule has 0 amide bonds. The number of para-hydroxylation sites is 1. The summed E-state index contributed by atoms with van der Waals surface area (Å²) >= 11 is 0. The zero-order chi connectivity index (χ0) is 12.5. The van der Waals surface area contributed by atoms with Crippen LogP contribution in [-0.2, 0) is 0 Å². The fourth-order valence-electron chi connectivity index (χ4n) is 2.15. The minimum Gasteiger partial charge on any atom is -0.255 e. The lowest BCUT2D eigenvalue weighted by Crippen LogP contribution is -1.92. The predicted molar refractivity (Wildman–Crippen MR) is 74.4 cm³/mol. The summed E-state index contributed by atoms with van der Waals surface area (Å²) in [6.45, 7) is 4.15. The number of rotatable bonds is 1. The van der Waals surface area contributed by atoms with Crippen LogP contribution in [0.5, 0.6) is 0 Å². The van der Waals surface area contributed by atoms with Gasteiger partial charge in [0, 0.05) is 11.6 Å². The molecule has 0 aliphatic rings. The molecular formula is C16H14N2. The normalized spacial score (nSPS) is 10.8. The third-order valence-electron chi connectivity index (χ3n) is 3.07. The van der Waals surface area contributed by atoms with Crippen molar-refractivity contribution in [2.75, 3.05) is 0 Å². The van der Waals surface area contributed by atoms with Crippen LogP contribution < -0.4 is 0 Å². The summed E-state index contributed by atoms with van der Waals surface area (Å²) in [5.41, 5.74) is 5.29. The van der Waals surface area contributed by atoms with Crippen molar-refractivity contribution in [3.05, 3.63) is 59.8 Å². The monoisotopic (exact) mass is 234 g/mol. The van der Waals surface area contributed by atoms with E-state index in [0.717, 1.165) is 22.5 Å². The van der Waals surface area contributed by atoms with Crippen LogP contribution in [0.15, 0.2) is 48.7 Å². The number of aromatic nitrogens is 2. The first kappa shape index (κ1) is 10.9. The maximum absolute atomic E-state index is 4.72. The Bertz CT molecular complexity index is 717. The minimum absolute atomic E-state index is 0.943. The van der Waals surface area contributed by atoms with Crippen molar-refractivity contribution < 1.29 is 0 Å². The maximum Gasteiger partial charge on any atom is 0.0923 e. The van der Waals surface area contributed by atoms with Crippen molar-refractivity contribution in [2.45, 2.75) is 13.8 Å². The van der Waals surface area contributed by atoms with Crippen LogP contribution in [0.3, 0.4) is 0 Å². The van der Waals surface area contributed by atoms with Crippen molar-refractivity contribution in [1.29, 1.82) is 0 Å². The highest BCUT2D eigenvalue weighted by molar-refractivity contribution is 5.82. The largest absolute Gasteiger partial charge is 0.255 e. The van der Waals surface area contributed by atoms with Crippen LogP contribution in [0.2, 0.25) is 0 Å². The lowest BCUT2D eigenvalue weighted by atomic mass is 10.1. The Kier molecular flexibility index (Phi) is 2.56. The van der Waals surface area contributed by atoms with Crippen LogP contribution in [0.4, 0.5) is 0 Å². The van der Waals surface area contributed by atoms with Crippen LogP contribution in [0.25, 0.3) is 22.3 Å². The SMILES string of the molecule is Cc1ccnc(-c2nc3ccccc3cc2C)c1. The number of fused-ring (bicyclic) bond motifs is 1. The lowest BCUT2D eigenvalue weighted by Gasteiger charge is -2.07.